The predicted octanol–water partition coefficient (Wildman–Crippen LogP) is 1.30. The van der Waals surface area contributed by atoms with Gasteiger partial charge in [0, 0.05) is 0 Å². The van der Waals surface area contributed by atoms with Crippen LogP contribution in [0.1, 0.15) is 15.9 Å². The standard InChI is InChI=1S/C8H8N2O3/c1-5-2-3-7(9)8(10(12)13)6(5)4-11/h2-4H,9H2,1H3. The number of anilines is 1. The number of hydrogen-bond acceptors (Lipinski definition) is 4. The Morgan fingerprint density at radius 2 is 2.15 bits per heavy atom. The lowest BCUT2D eigenvalue weighted by Gasteiger charge is -2.02. The first-order chi connectivity index (χ1) is 6.07. The Hall–Kier alpha value is -1.91. The van der Waals surface area contributed by atoms with Crippen LogP contribution in [0.3, 0.4) is 0 Å². The van der Waals surface area contributed by atoms with Gasteiger partial charge in [0.05, 0.1) is 10.5 Å². The number of nitrogens with two attached hydrogens (primary N) is 1. The Labute approximate surface area is 74.3 Å². The molecule has 0 bridgehead atoms. The Balaban J connectivity index is 3.52. The van der Waals surface area contributed by atoms with Gasteiger partial charge in [-0.25, -0.2) is 0 Å². The van der Waals surface area contributed by atoms with Gasteiger partial charge in [0.25, 0.3) is 0 Å². The van der Waals surface area contributed by atoms with Crippen LogP contribution in [-0.4, -0.2) is 11.2 Å². The van der Waals surface area contributed by atoms with Gasteiger partial charge >= 0.3 is 5.69 Å². The molecule has 0 atom stereocenters. The van der Waals surface area contributed by atoms with E-state index in [0.717, 1.165) is 0 Å². The first-order valence-electron chi connectivity index (χ1n) is 3.56. The van der Waals surface area contributed by atoms with E-state index in [9.17, 15) is 14.9 Å². The third-order valence-corrected chi connectivity index (χ3v) is 1.77. The summed E-state index contributed by atoms with van der Waals surface area (Å²) in [5, 5.41) is 10.5. The van der Waals surface area contributed by atoms with E-state index in [4.69, 9.17) is 5.73 Å². The number of carbonyl (C=O) groups excluding carboxylic acids is 1. The van der Waals surface area contributed by atoms with Gasteiger partial charge in [-0.3, -0.25) is 14.9 Å². The molecule has 68 valence electrons. The minimum atomic E-state index is -0.647. The molecule has 0 fully saturated rings. The van der Waals surface area contributed by atoms with E-state index in [1.807, 2.05) is 0 Å². The molecule has 0 radical (unpaired) electrons. The molecule has 0 aliphatic carbocycles. The maximum atomic E-state index is 10.5. The number of aldehydes is 1. The van der Waals surface area contributed by atoms with Crippen LogP contribution in [0.25, 0.3) is 0 Å². The molecule has 0 heterocycles. The van der Waals surface area contributed by atoms with Crippen LogP contribution in [0.4, 0.5) is 11.4 Å². The van der Waals surface area contributed by atoms with Crippen molar-refractivity contribution >= 4 is 17.7 Å². The minimum Gasteiger partial charge on any atom is -0.393 e. The number of nitrogens with zero attached hydrogens (tertiary/aromatic N) is 1. The molecule has 2 N–H and O–H groups in total. The van der Waals surface area contributed by atoms with Gasteiger partial charge in [-0.15, -0.1) is 0 Å². The van der Waals surface area contributed by atoms with E-state index >= 15 is 0 Å². The summed E-state index contributed by atoms with van der Waals surface area (Å²) in [5.41, 5.74) is 5.67. The van der Waals surface area contributed by atoms with Gasteiger partial charge in [-0.05, 0) is 18.6 Å². The average Bonchev–Trinajstić information content (AvgIpc) is 2.07. The Kier molecular flexibility index (Phi) is 2.27. The predicted molar refractivity (Wildman–Crippen MR) is 47.6 cm³/mol. The molecule has 5 heteroatoms. The van der Waals surface area contributed by atoms with Crippen LogP contribution in [-0.2, 0) is 0 Å². The molecule has 0 saturated carbocycles. The fourth-order valence-electron chi connectivity index (χ4n) is 1.08. The highest BCUT2D eigenvalue weighted by Gasteiger charge is 2.19. The maximum absolute atomic E-state index is 10.5. The smallest absolute Gasteiger partial charge is 0.302 e. The number of nitro groups is 1. The van der Waals surface area contributed by atoms with Crippen molar-refractivity contribution in [3.05, 3.63) is 33.4 Å². The average molecular weight is 180 g/mol. The monoisotopic (exact) mass is 180 g/mol. The second-order valence-corrected chi connectivity index (χ2v) is 2.61. The zero-order chi connectivity index (χ0) is 10.0. The number of aryl methyl sites for hydroxylation is 1. The third-order valence-electron chi connectivity index (χ3n) is 1.77. The van der Waals surface area contributed by atoms with Crippen molar-refractivity contribution in [3.63, 3.8) is 0 Å². The van der Waals surface area contributed by atoms with Gasteiger partial charge in [0.2, 0.25) is 0 Å². The van der Waals surface area contributed by atoms with Crippen LogP contribution in [0.5, 0.6) is 0 Å². The Morgan fingerprint density at radius 1 is 1.54 bits per heavy atom. The molecule has 0 spiro atoms. The molecule has 0 saturated heterocycles. The lowest BCUT2D eigenvalue weighted by atomic mass is 10.1. The lowest BCUT2D eigenvalue weighted by molar-refractivity contribution is -0.384. The van der Waals surface area contributed by atoms with Crippen molar-refractivity contribution in [2.24, 2.45) is 0 Å². The lowest BCUT2D eigenvalue weighted by Crippen LogP contribution is -2.01. The highest BCUT2D eigenvalue weighted by atomic mass is 16.6. The summed E-state index contributed by atoms with van der Waals surface area (Å²) in [6.07, 6.45) is 0.448. The summed E-state index contributed by atoms with van der Waals surface area (Å²) < 4.78 is 0. The van der Waals surface area contributed by atoms with Crippen molar-refractivity contribution in [1.82, 2.24) is 0 Å². The van der Waals surface area contributed by atoms with Crippen LogP contribution in [0, 0.1) is 17.0 Å². The summed E-state index contributed by atoms with van der Waals surface area (Å²) in [6.45, 7) is 1.62. The molecular weight excluding hydrogens is 172 g/mol. The molecule has 13 heavy (non-hydrogen) atoms. The van der Waals surface area contributed by atoms with Gasteiger partial charge in [0.1, 0.15) is 5.69 Å². The summed E-state index contributed by atoms with van der Waals surface area (Å²) in [7, 11) is 0. The summed E-state index contributed by atoms with van der Waals surface area (Å²) >= 11 is 0. The second kappa shape index (κ2) is 3.22. The number of nitro benzene ring substituents is 1. The number of nitrogen functional groups attached to an aromatic ring is 1. The topological polar surface area (TPSA) is 86.2 Å². The van der Waals surface area contributed by atoms with Gasteiger partial charge in [0.15, 0.2) is 6.29 Å². The number of rotatable bonds is 2. The van der Waals surface area contributed by atoms with Gasteiger partial charge < -0.3 is 5.73 Å². The minimum absolute atomic E-state index is 0.0118. The Morgan fingerprint density at radius 3 is 2.54 bits per heavy atom. The number of benzene rings is 1. The molecule has 1 aromatic carbocycles. The quantitative estimate of drug-likeness (QED) is 0.321. The fraction of sp³-hybridized carbons (Fsp3) is 0.125. The van der Waals surface area contributed by atoms with Crippen LogP contribution in [0.15, 0.2) is 12.1 Å². The van der Waals surface area contributed by atoms with E-state index in [1.54, 1.807) is 13.0 Å². The van der Waals surface area contributed by atoms with Crippen molar-refractivity contribution in [3.8, 4) is 0 Å². The van der Waals surface area contributed by atoms with Crippen molar-refractivity contribution < 1.29 is 9.72 Å². The molecule has 5 nitrogen and oxygen atoms in total. The zero-order valence-corrected chi connectivity index (χ0v) is 6.98. The summed E-state index contributed by atoms with van der Waals surface area (Å²) in [6, 6.07) is 2.99. The van der Waals surface area contributed by atoms with E-state index in [2.05, 4.69) is 0 Å². The van der Waals surface area contributed by atoms with Crippen LogP contribution < -0.4 is 5.73 Å². The summed E-state index contributed by atoms with van der Waals surface area (Å²) in [4.78, 5) is 20.4. The van der Waals surface area contributed by atoms with Gasteiger partial charge in [-0.2, -0.15) is 0 Å². The van der Waals surface area contributed by atoms with Crippen molar-refractivity contribution in [2.45, 2.75) is 6.92 Å². The Bertz CT molecular complexity index is 374. The van der Waals surface area contributed by atoms with E-state index in [1.165, 1.54) is 6.07 Å². The summed E-state index contributed by atoms with van der Waals surface area (Å²) in [5.74, 6) is 0. The van der Waals surface area contributed by atoms with Gasteiger partial charge in [-0.1, -0.05) is 6.07 Å². The van der Waals surface area contributed by atoms with Crippen LogP contribution >= 0.6 is 0 Å². The van der Waals surface area contributed by atoms with E-state index in [-0.39, 0.29) is 16.9 Å². The first-order valence-corrected chi connectivity index (χ1v) is 3.56. The molecule has 1 rings (SSSR count). The normalized spacial score (nSPS) is 9.62. The first kappa shape index (κ1) is 9.18. The maximum Gasteiger partial charge on any atom is 0.302 e. The second-order valence-electron chi connectivity index (χ2n) is 2.61. The number of carbonyl (C=O) groups is 1. The van der Waals surface area contributed by atoms with E-state index < -0.39 is 4.92 Å². The molecule has 0 amide bonds. The third kappa shape index (κ3) is 1.48. The van der Waals surface area contributed by atoms with Crippen molar-refractivity contribution in [1.29, 1.82) is 0 Å². The molecule has 0 unspecified atom stereocenters. The fourth-order valence-corrected chi connectivity index (χ4v) is 1.08. The molecule has 0 aliphatic heterocycles. The van der Waals surface area contributed by atoms with Crippen molar-refractivity contribution in [2.75, 3.05) is 5.73 Å². The number of hydrogen-bond donors (Lipinski definition) is 1. The van der Waals surface area contributed by atoms with E-state index in [0.29, 0.717) is 11.8 Å². The molecule has 0 aromatic heterocycles. The highest BCUT2D eigenvalue weighted by molar-refractivity contribution is 5.87. The SMILES string of the molecule is Cc1ccc(N)c([N+](=O)[O-])c1C=O. The highest BCUT2D eigenvalue weighted by Crippen LogP contribution is 2.27. The van der Waals surface area contributed by atoms with Crippen LogP contribution in [0.2, 0.25) is 0 Å². The largest absolute Gasteiger partial charge is 0.393 e. The molecular formula is C8H8N2O3. The molecule has 1 aromatic rings. The zero-order valence-electron chi connectivity index (χ0n) is 6.98. The molecule has 0 aliphatic rings.